The summed E-state index contributed by atoms with van der Waals surface area (Å²) in [4.78, 5) is 0. The van der Waals surface area contributed by atoms with Crippen molar-refractivity contribution in [1.82, 2.24) is 0 Å². The molecule has 0 saturated carbocycles. The third kappa shape index (κ3) is 3.09. The molecule has 0 bridgehead atoms. The van der Waals surface area contributed by atoms with Crippen molar-refractivity contribution in [2.45, 2.75) is 6.54 Å². The van der Waals surface area contributed by atoms with Gasteiger partial charge in [0, 0.05) is 32.7 Å². The van der Waals surface area contributed by atoms with Gasteiger partial charge in [-0.2, -0.15) is 30.3 Å². The van der Waals surface area contributed by atoms with Gasteiger partial charge in [0.15, 0.2) is 0 Å². The molecule has 0 atom stereocenters. The predicted molar refractivity (Wildman–Crippen MR) is 31.9 cm³/mol. The molecule has 0 amide bonds. The predicted octanol–water partition coefficient (Wildman–Crippen LogP) is 0.226. The first-order valence-electron chi connectivity index (χ1n) is 2.67. The molecule has 2 heteroatoms. The number of benzene rings is 1. The van der Waals surface area contributed by atoms with Crippen LogP contribution in [0.3, 0.4) is 0 Å². The van der Waals surface area contributed by atoms with Gasteiger partial charge in [0.2, 0.25) is 0 Å². The zero-order chi connectivity index (χ0) is 5.82. The maximum atomic E-state index is 3.74. The molecule has 0 aliphatic heterocycles. The van der Waals surface area contributed by atoms with Crippen molar-refractivity contribution in [3.63, 3.8) is 0 Å². The van der Waals surface area contributed by atoms with E-state index < -0.39 is 0 Å². The quantitative estimate of drug-likeness (QED) is 0.622. The van der Waals surface area contributed by atoms with Crippen LogP contribution >= 0.6 is 0 Å². The standard InChI is InChI=1S/C7H8N.Y/c8-6-7-4-2-1-3-5-7;/h2-5H,6,8H2;/q-1;/p+1. The summed E-state index contributed by atoms with van der Waals surface area (Å²) in [5.41, 5.74) is 5.01. The van der Waals surface area contributed by atoms with Crippen LogP contribution in [0.5, 0.6) is 0 Å². The Morgan fingerprint density at radius 1 is 1.33 bits per heavy atom. The fraction of sp³-hybridized carbons (Fsp3) is 0.143. The van der Waals surface area contributed by atoms with Gasteiger partial charge in [-0.25, -0.2) is 0 Å². The first-order chi connectivity index (χ1) is 3.93. The Morgan fingerprint density at radius 2 is 1.89 bits per heavy atom. The molecule has 0 aliphatic rings. The van der Waals surface area contributed by atoms with Crippen LogP contribution in [0.4, 0.5) is 0 Å². The molecular weight excluding hydrogens is 187 g/mol. The molecule has 0 heterocycles. The summed E-state index contributed by atoms with van der Waals surface area (Å²) in [7, 11) is 0. The van der Waals surface area contributed by atoms with Crippen LogP contribution < -0.4 is 5.73 Å². The zero-order valence-corrected chi connectivity index (χ0v) is 8.14. The van der Waals surface area contributed by atoms with Gasteiger partial charge in [-0.15, -0.1) is 5.56 Å². The summed E-state index contributed by atoms with van der Waals surface area (Å²) < 4.78 is 0. The van der Waals surface area contributed by atoms with Gasteiger partial charge >= 0.3 is 0 Å². The van der Waals surface area contributed by atoms with Crippen LogP contribution in [0.15, 0.2) is 24.3 Å². The molecule has 1 aromatic carbocycles. The molecule has 0 spiro atoms. The van der Waals surface area contributed by atoms with E-state index in [-0.39, 0.29) is 32.7 Å². The fourth-order valence-corrected chi connectivity index (χ4v) is 0.588. The maximum Gasteiger partial charge on any atom is 0.0774 e. The Kier molecular flexibility index (Phi) is 5.26. The first-order valence-corrected chi connectivity index (χ1v) is 2.67. The van der Waals surface area contributed by atoms with E-state index >= 15 is 0 Å². The van der Waals surface area contributed by atoms with Crippen molar-refractivity contribution in [2.75, 3.05) is 0 Å². The molecule has 1 radical (unpaired) electrons. The van der Waals surface area contributed by atoms with Gasteiger partial charge < -0.3 is 5.73 Å². The zero-order valence-electron chi connectivity index (χ0n) is 5.30. The smallest absolute Gasteiger partial charge is 0.0774 e. The largest absolute Gasteiger partial charge is 0.356 e. The van der Waals surface area contributed by atoms with Crippen LogP contribution in [0, 0.1) is 6.07 Å². The average molecular weight is 196 g/mol. The molecule has 1 aromatic rings. The molecule has 0 unspecified atom stereocenters. The second-order valence-corrected chi connectivity index (χ2v) is 1.66. The SMILES string of the molecule is [NH3+]Cc1cc[c-]cc1.[Y]. The van der Waals surface area contributed by atoms with Crippen molar-refractivity contribution in [3.8, 4) is 0 Å². The Bertz CT molecular complexity index is 150. The fourth-order valence-electron chi connectivity index (χ4n) is 0.588. The Balaban J connectivity index is 0.000000640. The van der Waals surface area contributed by atoms with Gasteiger partial charge in [0.25, 0.3) is 0 Å². The second kappa shape index (κ2) is 5.10. The van der Waals surface area contributed by atoms with Crippen molar-refractivity contribution >= 4 is 0 Å². The van der Waals surface area contributed by atoms with E-state index in [0.717, 1.165) is 6.54 Å². The van der Waals surface area contributed by atoms with E-state index in [9.17, 15) is 0 Å². The number of rotatable bonds is 1. The summed E-state index contributed by atoms with van der Waals surface area (Å²) in [6.07, 6.45) is 0. The normalized spacial score (nSPS) is 8.11. The molecule has 9 heavy (non-hydrogen) atoms. The third-order valence-electron chi connectivity index (χ3n) is 1.08. The first kappa shape index (κ1) is 9.28. The van der Waals surface area contributed by atoms with Crippen LogP contribution in [-0.4, -0.2) is 0 Å². The summed E-state index contributed by atoms with van der Waals surface area (Å²) in [6.45, 7) is 0.870. The summed E-state index contributed by atoms with van der Waals surface area (Å²) in [5, 5.41) is 0. The van der Waals surface area contributed by atoms with Crippen molar-refractivity contribution < 1.29 is 38.4 Å². The van der Waals surface area contributed by atoms with Gasteiger partial charge in [-0.1, -0.05) is 0 Å². The van der Waals surface area contributed by atoms with E-state index in [1.807, 2.05) is 24.3 Å². The van der Waals surface area contributed by atoms with E-state index in [2.05, 4.69) is 11.8 Å². The Labute approximate surface area is 80.5 Å². The molecular formula is C7H9NY. The van der Waals surface area contributed by atoms with Crippen molar-refractivity contribution in [2.24, 2.45) is 0 Å². The van der Waals surface area contributed by atoms with E-state index in [0.29, 0.717) is 0 Å². The number of hydrogen-bond donors (Lipinski definition) is 1. The average Bonchev–Trinajstić information content (AvgIpc) is 1.90. The molecule has 0 saturated heterocycles. The molecule has 1 nitrogen and oxygen atoms in total. The van der Waals surface area contributed by atoms with Gasteiger partial charge in [-0.3, -0.25) is 0 Å². The van der Waals surface area contributed by atoms with E-state index in [4.69, 9.17) is 0 Å². The van der Waals surface area contributed by atoms with Gasteiger partial charge in [0.05, 0.1) is 6.54 Å². The number of hydrogen-bond acceptors (Lipinski definition) is 0. The molecule has 0 aliphatic carbocycles. The minimum absolute atomic E-state index is 0. The van der Waals surface area contributed by atoms with Crippen LogP contribution in [0.25, 0.3) is 0 Å². The van der Waals surface area contributed by atoms with E-state index in [1.165, 1.54) is 5.56 Å². The Morgan fingerprint density at radius 3 is 2.22 bits per heavy atom. The summed E-state index contributed by atoms with van der Waals surface area (Å²) in [5.74, 6) is 0. The molecule has 45 valence electrons. The van der Waals surface area contributed by atoms with Gasteiger partial charge in [-0.05, 0) is 0 Å². The number of quaternary nitrogens is 1. The Hall–Kier alpha value is 0.284. The third-order valence-corrected chi connectivity index (χ3v) is 1.08. The minimum atomic E-state index is 0. The monoisotopic (exact) mass is 196 g/mol. The minimum Gasteiger partial charge on any atom is -0.356 e. The second-order valence-electron chi connectivity index (χ2n) is 1.66. The molecule has 0 fully saturated rings. The summed E-state index contributed by atoms with van der Waals surface area (Å²) in [6, 6.07) is 10.8. The van der Waals surface area contributed by atoms with Crippen LogP contribution in [-0.2, 0) is 39.3 Å². The van der Waals surface area contributed by atoms with E-state index in [1.54, 1.807) is 0 Å². The van der Waals surface area contributed by atoms with Gasteiger partial charge in [0.1, 0.15) is 0 Å². The van der Waals surface area contributed by atoms with Crippen molar-refractivity contribution in [3.05, 3.63) is 35.9 Å². The van der Waals surface area contributed by atoms with Crippen LogP contribution in [0.2, 0.25) is 0 Å². The van der Waals surface area contributed by atoms with Crippen molar-refractivity contribution in [1.29, 1.82) is 0 Å². The summed E-state index contributed by atoms with van der Waals surface area (Å²) >= 11 is 0. The topological polar surface area (TPSA) is 27.6 Å². The molecule has 1 rings (SSSR count). The molecule has 3 N–H and O–H groups in total. The van der Waals surface area contributed by atoms with Crippen LogP contribution in [0.1, 0.15) is 5.56 Å². The maximum absolute atomic E-state index is 3.74. The molecule has 0 aromatic heterocycles.